The Balaban J connectivity index is 2.34. The van der Waals surface area contributed by atoms with Gasteiger partial charge in [0.25, 0.3) is 0 Å². The van der Waals surface area contributed by atoms with E-state index in [1.54, 1.807) is 6.08 Å². The molecule has 0 saturated carbocycles. The summed E-state index contributed by atoms with van der Waals surface area (Å²) in [6.45, 7) is 4.42. The summed E-state index contributed by atoms with van der Waals surface area (Å²) in [5.74, 6) is 0. The van der Waals surface area contributed by atoms with E-state index in [2.05, 4.69) is 33.9 Å². The minimum absolute atomic E-state index is 0.114. The molecule has 0 N–H and O–H groups in total. The highest BCUT2D eigenvalue weighted by atomic mass is 127. The van der Waals surface area contributed by atoms with Crippen molar-refractivity contribution in [2.45, 2.75) is 0 Å². The van der Waals surface area contributed by atoms with Gasteiger partial charge < -0.3 is 0 Å². The van der Waals surface area contributed by atoms with Crippen LogP contribution in [0.5, 0.6) is 0 Å². The van der Waals surface area contributed by atoms with Crippen LogP contribution in [0.2, 0.25) is 0 Å². The van der Waals surface area contributed by atoms with Crippen molar-refractivity contribution >= 4 is 30.5 Å². The predicted octanol–water partition coefficient (Wildman–Crippen LogP) is 3.03. The van der Waals surface area contributed by atoms with Gasteiger partial charge in [-0.15, -0.1) is 0 Å². The number of halogens is 1. The van der Waals surface area contributed by atoms with Gasteiger partial charge in [-0.2, -0.15) is 0 Å². The average Bonchev–Trinajstić information content (AvgIpc) is 2.19. The molecule has 0 bridgehead atoms. The van der Waals surface area contributed by atoms with Crippen LogP contribution in [0, 0.1) is 0 Å². The maximum atomic E-state index is 4.28. The molecular weight excluding hydrogens is 273 g/mol. The zero-order chi connectivity index (χ0) is 9.36. The molecule has 0 fully saturated rings. The molecule has 0 saturated heterocycles. The Morgan fingerprint density at radius 1 is 1.38 bits per heavy atom. The van der Waals surface area contributed by atoms with Crippen LogP contribution in [0.15, 0.2) is 52.1 Å². The summed E-state index contributed by atoms with van der Waals surface area (Å²) in [4.78, 5) is 4.28. The highest BCUT2D eigenvalue weighted by molar-refractivity contribution is 14.2. The summed E-state index contributed by atoms with van der Waals surface area (Å²) in [5.41, 5.74) is 0. The molecule has 0 aromatic rings. The zero-order valence-electron chi connectivity index (χ0n) is 7.36. The highest BCUT2D eigenvalue weighted by Gasteiger charge is 1.90. The lowest BCUT2D eigenvalue weighted by Crippen LogP contribution is -1.95. The topological polar surface area (TPSA) is 12.4 Å². The first kappa shape index (κ1) is 10.3. The number of nitrogens with zero attached hydrogens (tertiary/aromatic N) is 1. The third kappa shape index (κ3) is 4.72. The molecule has 0 aromatic heterocycles. The van der Waals surface area contributed by atoms with E-state index >= 15 is 0 Å². The molecule has 68 valence electrons. The molecule has 1 rings (SSSR count). The number of allylic oxidation sites excluding steroid dienone is 5. The van der Waals surface area contributed by atoms with E-state index in [4.69, 9.17) is 0 Å². The fourth-order valence-corrected chi connectivity index (χ4v) is 2.49. The van der Waals surface area contributed by atoms with Crippen LogP contribution in [0.1, 0.15) is 0 Å². The van der Waals surface area contributed by atoms with Crippen LogP contribution in [0.25, 0.3) is 0 Å². The van der Waals surface area contributed by atoms with Crippen LogP contribution in [-0.4, -0.2) is 16.3 Å². The van der Waals surface area contributed by atoms with E-state index in [-0.39, 0.29) is 20.7 Å². The molecule has 2 heteroatoms. The van der Waals surface area contributed by atoms with Crippen LogP contribution in [-0.2, 0) is 0 Å². The Kier molecular flexibility index (Phi) is 5.33. The van der Waals surface area contributed by atoms with Crippen molar-refractivity contribution < 1.29 is 0 Å². The van der Waals surface area contributed by atoms with Gasteiger partial charge in [0, 0.05) is 9.72 Å². The van der Waals surface area contributed by atoms with Crippen molar-refractivity contribution in [2.75, 3.05) is 6.54 Å². The Hall–Kier alpha value is -0.770. The van der Waals surface area contributed by atoms with Gasteiger partial charge in [0.1, 0.15) is 0 Å². The monoisotopic (exact) mass is 285 g/mol. The number of hydrogen-bond acceptors (Lipinski definition) is 1. The fourth-order valence-electron chi connectivity index (χ4n) is 0.772. The van der Waals surface area contributed by atoms with Crippen molar-refractivity contribution in [1.82, 2.24) is 0 Å². The first-order valence-electron chi connectivity index (χ1n) is 4.03. The molecule has 0 spiro atoms. The zero-order valence-corrected chi connectivity index (χ0v) is 9.52. The molecule has 0 radical (unpaired) electrons. The van der Waals surface area contributed by atoms with E-state index in [0.717, 1.165) is 6.54 Å². The maximum absolute atomic E-state index is 4.28. The van der Waals surface area contributed by atoms with Crippen molar-refractivity contribution in [2.24, 2.45) is 4.99 Å². The van der Waals surface area contributed by atoms with Crippen molar-refractivity contribution in [3.63, 3.8) is 0 Å². The van der Waals surface area contributed by atoms with E-state index in [1.165, 1.54) is 3.51 Å². The number of rotatable bonds is 4. The lowest BCUT2D eigenvalue weighted by atomic mass is 10.4. The Labute approximate surface area is 89.0 Å². The largest absolute Gasteiger partial charge is 0.288 e. The highest BCUT2D eigenvalue weighted by Crippen LogP contribution is 2.09. The molecule has 0 aromatic carbocycles. The summed E-state index contributed by atoms with van der Waals surface area (Å²) in [7, 11) is 0. The molecule has 1 aliphatic rings. The first-order valence-corrected chi connectivity index (χ1v) is 6.36. The van der Waals surface area contributed by atoms with Gasteiger partial charge in [-0.3, -0.25) is 4.99 Å². The second-order valence-corrected chi connectivity index (χ2v) is 5.07. The minimum Gasteiger partial charge on any atom is -0.288 e. The van der Waals surface area contributed by atoms with Gasteiger partial charge in [0.05, 0.1) is 6.54 Å². The van der Waals surface area contributed by atoms with Gasteiger partial charge in [-0.25, -0.2) is 0 Å². The van der Waals surface area contributed by atoms with E-state index in [1.807, 2.05) is 18.4 Å². The second-order valence-electron chi connectivity index (χ2n) is 2.34. The predicted molar refractivity (Wildman–Crippen MR) is 70.0 cm³/mol. The molecule has 1 nitrogen and oxygen atoms in total. The summed E-state index contributed by atoms with van der Waals surface area (Å²) in [6, 6.07) is 0. The quantitative estimate of drug-likeness (QED) is 0.428. The van der Waals surface area contributed by atoms with Gasteiger partial charge in [-0.1, -0.05) is 57.7 Å². The van der Waals surface area contributed by atoms with Crippen molar-refractivity contribution in [3.8, 4) is 0 Å². The van der Waals surface area contributed by atoms with Gasteiger partial charge in [-0.05, 0) is 10.2 Å². The molecule has 13 heavy (non-hydrogen) atoms. The summed E-state index contributed by atoms with van der Waals surface area (Å²) in [6.07, 6.45) is 13.7. The summed E-state index contributed by atoms with van der Waals surface area (Å²) < 4.78 is 3.72. The number of hydrogen-bond donors (Lipinski definition) is 0. The van der Waals surface area contributed by atoms with E-state index in [0.29, 0.717) is 0 Å². The van der Waals surface area contributed by atoms with Gasteiger partial charge in [0.2, 0.25) is 0 Å². The summed E-state index contributed by atoms with van der Waals surface area (Å²) >= 11 is 0.114. The lowest BCUT2D eigenvalue weighted by molar-refractivity contribution is 1.35. The van der Waals surface area contributed by atoms with Gasteiger partial charge in [0.15, 0.2) is 0 Å². The smallest absolute Gasteiger partial charge is 0.0692 e. The van der Waals surface area contributed by atoms with E-state index < -0.39 is 0 Å². The molecule has 0 unspecified atom stereocenters. The molecule has 0 atom stereocenters. The lowest BCUT2D eigenvalue weighted by Gasteiger charge is -1.96. The fraction of sp³-hybridized carbons (Fsp3) is 0.0909. The molecule has 0 aliphatic carbocycles. The first-order chi connectivity index (χ1) is 6.43. The van der Waals surface area contributed by atoms with Crippen LogP contribution < -0.4 is 0 Å². The third-order valence-corrected chi connectivity index (χ3v) is 3.62. The molecular formula is C11H12IN. The normalized spacial score (nSPS) is 16.2. The third-order valence-electron chi connectivity index (χ3n) is 1.35. The summed E-state index contributed by atoms with van der Waals surface area (Å²) in [5, 5.41) is 0. The molecule has 1 heterocycles. The van der Waals surface area contributed by atoms with Crippen molar-refractivity contribution in [3.05, 3.63) is 47.1 Å². The number of aliphatic imine (C=N–C) groups is 1. The SMILES string of the molecule is C=C/C=C\C=N/CC1=IC=CC=C1. The van der Waals surface area contributed by atoms with Crippen LogP contribution in [0.3, 0.4) is 0 Å². The van der Waals surface area contributed by atoms with E-state index in [9.17, 15) is 0 Å². The Morgan fingerprint density at radius 2 is 2.31 bits per heavy atom. The second kappa shape index (κ2) is 6.71. The minimum atomic E-state index is 0.114. The maximum Gasteiger partial charge on any atom is 0.0692 e. The Morgan fingerprint density at radius 3 is 3.00 bits per heavy atom. The molecule has 1 aliphatic heterocycles. The van der Waals surface area contributed by atoms with Crippen molar-refractivity contribution in [1.29, 1.82) is 0 Å². The molecule has 0 amide bonds. The standard InChI is InChI=1S/C11H12IN/c1-2-3-6-9-13-10-11-7-4-5-8-12-11/h2-9H,1,10H2/b6-3-,13-9-. The van der Waals surface area contributed by atoms with Crippen LogP contribution >= 0.6 is 20.7 Å². The van der Waals surface area contributed by atoms with Crippen LogP contribution in [0.4, 0.5) is 0 Å². The Bertz CT molecular complexity index is 306. The average molecular weight is 285 g/mol. The van der Waals surface area contributed by atoms with Gasteiger partial charge >= 0.3 is 0 Å².